The van der Waals surface area contributed by atoms with Crippen LogP contribution in [-0.4, -0.2) is 11.6 Å². The zero-order valence-electron chi connectivity index (χ0n) is 15.0. The molecule has 2 heteroatoms. The summed E-state index contributed by atoms with van der Waals surface area (Å²) in [5.74, 6) is 1.78. The van der Waals surface area contributed by atoms with Crippen LogP contribution in [0.25, 0.3) is 0 Å². The van der Waals surface area contributed by atoms with Gasteiger partial charge in [0.1, 0.15) is 5.60 Å². The summed E-state index contributed by atoms with van der Waals surface area (Å²) in [6.45, 7) is 14.9. The Labute approximate surface area is 135 Å². The monoisotopic (exact) mass is 304 g/mol. The Bertz CT molecular complexity index is 480. The van der Waals surface area contributed by atoms with Crippen LogP contribution < -0.4 is 0 Å². The minimum atomic E-state index is -0.245. The minimum Gasteiger partial charge on any atom is -0.455 e. The second-order valence-electron chi connectivity index (χ2n) is 10.0. The number of hydrogen-bond donors (Lipinski definition) is 0. The summed E-state index contributed by atoms with van der Waals surface area (Å²) in [6, 6.07) is 0. The molecule has 0 spiro atoms. The molecule has 4 aliphatic rings. The molecule has 4 rings (SSSR count). The lowest BCUT2D eigenvalue weighted by Gasteiger charge is -2.64. The first-order valence-corrected chi connectivity index (χ1v) is 8.92. The highest BCUT2D eigenvalue weighted by Crippen LogP contribution is 2.66. The fourth-order valence-electron chi connectivity index (χ4n) is 6.03. The average molecular weight is 304 g/mol. The number of carbonyl (C=O) groups is 1. The molecule has 4 aliphatic carbocycles. The second kappa shape index (κ2) is 4.85. The normalized spacial score (nSPS) is 43.2. The molecular weight excluding hydrogens is 272 g/mol. The third-order valence-electron chi connectivity index (χ3n) is 6.32. The van der Waals surface area contributed by atoms with E-state index in [0.29, 0.717) is 22.8 Å². The summed E-state index contributed by atoms with van der Waals surface area (Å²) in [5.41, 5.74) is 0.956. The van der Waals surface area contributed by atoms with Gasteiger partial charge < -0.3 is 4.74 Å². The fraction of sp³-hybridized carbons (Fsp3) is 0.850. The van der Waals surface area contributed by atoms with Crippen molar-refractivity contribution < 1.29 is 9.53 Å². The fourth-order valence-corrected chi connectivity index (χ4v) is 6.03. The third kappa shape index (κ3) is 2.63. The van der Waals surface area contributed by atoms with Crippen molar-refractivity contribution in [3.05, 3.63) is 12.2 Å². The van der Waals surface area contributed by atoms with Crippen molar-refractivity contribution in [1.82, 2.24) is 0 Å². The van der Waals surface area contributed by atoms with E-state index >= 15 is 0 Å². The maximum absolute atomic E-state index is 12.4. The van der Waals surface area contributed by atoms with Crippen LogP contribution in [0.3, 0.4) is 0 Å². The number of esters is 1. The van der Waals surface area contributed by atoms with Gasteiger partial charge in [0, 0.05) is 5.57 Å². The summed E-state index contributed by atoms with van der Waals surface area (Å²) in [7, 11) is 0. The molecule has 0 aromatic heterocycles. The zero-order valence-corrected chi connectivity index (χ0v) is 15.0. The van der Waals surface area contributed by atoms with Gasteiger partial charge >= 0.3 is 5.97 Å². The zero-order chi connectivity index (χ0) is 16.3. The lowest BCUT2D eigenvalue weighted by atomic mass is 9.43. The minimum absolute atomic E-state index is 0.172. The predicted molar refractivity (Wildman–Crippen MR) is 89.4 cm³/mol. The van der Waals surface area contributed by atoms with E-state index in [-0.39, 0.29) is 17.0 Å². The summed E-state index contributed by atoms with van der Waals surface area (Å²) in [5, 5.41) is 0. The van der Waals surface area contributed by atoms with Crippen LogP contribution in [-0.2, 0) is 9.53 Å². The molecule has 0 N–H and O–H groups in total. The van der Waals surface area contributed by atoms with E-state index in [1.807, 2.05) is 0 Å². The molecule has 0 heterocycles. The van der Waals surface area contributed by atoms with E-state index in [1.165, 1.54) is 32.1 Å². The second-order valence-corrected chi connectivity index (χ2v) is 10.0. The van der Waals surface area contributed by atoms with Crippen LogP contribution in [0.15, 0.2) is 12.2 Å². The van der Waals surface area contributed by atoms with Crippen LogP contribution in [0, 0.1) is 28.6 Å². The van der Waals surface area contributed by atoms with Crippen molar-refractivity contribution >= 4 is 5.97 Å². The molecule has 0 aromatic rings. The first-order chi connectivity index (χ1) is 10.0. The number of ether oxygens (including phenoxy) is 1. The third-order valence-corrected chi connectivity index (χ3v) is 6.32. The largest absolute Gasteiger partial charge is 0.455 e. The van der Waals surface area contributed by atoms with Crippen LogP contribution in [0.2, 0.25) is 0 Å². The highest BCUT2D eigenvalue weighted by atomic mass is 16.6. The van der Waals surface area contributed by atoms with Gasteiger partial charge in [-0.05, 0) is 74.0 Å². The molecule has 4 fully saturated rings. The molecule has 0 amide bonds. The van der Waals surface area contributed by atoms with E-state index in [0.717, 1.165) is 12.3 Å². The summed E-state index contributed by atoms with van der Waals surface area (Å²) in [6.07, 6.45) is 7.35. The average Bonchev–Trinajstić information content (AvgIpc) is 2.31. The number of rotatable bonds is 3. The molecule has 2 atom stereocenters. The van der Waals surface area contributed by atoms with Crippen molar-refractivity contribution in [2.45, 2.75) is 78.7 Å². The summed E-state index contributed by atoms with van der Waals surface area (Å²) in [4.78, 5) is 12.4. The molecule has 0 radical (unpaired) electrons. The smallest absolute Gasteiger partial charge is 0.333 e. The first-order valence-electron chi connectivity index (χ1n) is 8.92. The molecule has 22 heavy (non-hydrogen) atoms. The predicted octanol–water partition coefficient (Wildman–Crippen LogP) is 5.13. The van der Waals surface area contributed by atoms with E-state index in [1.54, 1.807) is 6.92 Å². The first kappa shape index (κ1) is 16.1. The Morgan fingerprint density at radius 2 is 1.73 bits per heavy atom. The van der Waals surface area contributed by atoms with Gasteiger partial charge in [-0.1, -0.05) is 34.3 Å². The molecule has 2 nitrogen and oxygen atoms in total. The van der Waals surface area contributed by atoms with Crippen molar-refractivity contribution in [3.8, 4) is 0 Å². The van der Waals surface area contributed by atoms with Gasteiger partial charge in [0.25, 0.3) is 0 Å². The molecule has 0 aromatic carbocycles. The van der Waals surface area contributed by atoms with Crippen molar-refractivity contribution in [2.24, 2.45) is 28.6 Å². The molecule has 124 valence electrons. The molecule has 4 saturated carbocycles. The van der Waals surface area contributed by atoms with Gasteiger partial charge in [0.05, 0.1) is 0 Å². The molecule has 2 unspecified atom stereocenters. The Morgan fingerprint density at radius 3 is 2.14 bits per heavy atom. The van der Waals surface area contributed by atoms with E-state index < -0.39 is 0 Å². The van der Waals surface area contributed by atoms with Crippen molar-refractivity contribution in [2.75, 3.05) is 0 Å². The molecule has 0 saturated heterocycles. The van der Waals surface area contributed by atoms with Crippen LogP contribution in [0.1, 0.15) is 73.1 Å². The van der Waals surface area contributed by atoms with E-state index in [4.69, 9.17) is 4.74 Å². The SMILES string of the molecule is C=C(C)C(=O)OC1(CC(C)(C)C)C2CC3CC1CC(C)(C3)C2. The van der Waals surface area contributed by atoms with Gasteiger partial charge in [-0.15, -0.1) is 0 Å². The topological polar surface area (TPSA) is 26.3 Å². The lowest BCUT2D eigenvalue weighted by molar-refractivity contribution is -0.229. The number of carbonyl (C=O) groups excluding carboxylic acids is 1. The highest BCUT2D eigenvalue weighted by Gasteiger charge is 2.63. The summed E-state index contributed by atoms with van der Waals surface area (Å²) < 4.78 is 6.26. The molecular formula is C20H32O2. The Hall–Kier alpha value is -0.790. The number of hydrogen-bond acceptors (Lipinski definition) is 2. The Morgan fingerprint density at radius 1 is 1.18 bits per heavy atom. The van der Waals surface area contributed by atoms with Gasteiger partial charge in [-0.3, -0.25) is 0 Å². The standard InChI is InChI=1S/C20H32O2/c1-13(2)17(21)22-20(12-18(3,4)5)15-7-14-8-16(20)11-19(6,9-14)10-15/h14-16H,1,7-12H2,2-6H3. The summed E-state index contributed by atoms with van der Waals surface area (Å²) >= 11 is 0. The highest BCUT2D eigenvalue weighted by molar-refractivity contribution is 5.87. The van der Waals surface area contributed by atoms with E-state index in [9.17, 15) is 4.79 Å². The van der Waals surface area contributed by atoms with Crippen LogP contribution in [0.4, 0.5) is 0 Å². The van der Waals surface area contributed by atoms with Crippen LogP contribution >= 0.6 is 0 Å². The van der Waals surface area contributed by atoms with Gasteiger partial charge in [0.15, 0.2) is 0 Å². The lowest BCUT2D eigenvalue weighted by Crippen LogP contribution is -2.63. The maximum Gasteiger partial charge on any atom is 0.333 e. The molecule has 0 aliphatic heterocycles. The van der Waals surface area contributed by atoms with Crippen LogP contribution in [0.5, 0.6) is 0 Å². The Balaban J connectivity index is 1.96. The Kier molecular flexibility index (Phi) is 3.55. The molecule has 4 bridgehead atoms. The van der Waals surface area contributed by atoms with Gasteiger partial charge in [0.2, 0.25) is 0 Å². The van der Waals surface area contributed by atoms with E-state index in [2.05, 4.69) is 34.3 Å². The van der Waals surface area contributed by atoms with Gasteiger partial charge in [-0.2, -0.15) is 0 Å². The quantitative estimate of drug-likeness (QED) is 0.534. The van der Waals surface area contributed by atoms with Crippen molar-refractivity contribution in [1.29, 1.82) is 0 Å². The van der Waals surface area contributed by atoms with Crippen molar-refractivity contribution in [3.63, 3.8) is 0 Å². The van der Waals surface area contributed by atoms with Gasteiger partial charge in [-0.25, -0.2) is 4.79 Å². The maximum atomic E-state index is 12.4.